The predicted octanol–water partition coefficient (Wildman–Crippen LogP) is -12.5. The molecule has 3 aromatic carbocycles. The molecule has 5 aromatic rings. The maximum Gasteiger partial charge on any atom is 1.00 e. The first-order chi connectivity index (χ1) is 31.6. The minimum Gasteiger partial charge on any atom is -0.744 e. The van der Waals surface area contributed by atoms with Crippen LogP contribution in [0.4, 0.5) is 17.1 Å². The number of rotatable bonds is 13. The van der Waals surface area contributed by atoms with Crippen LogP contribution in [0.25, 0.3) is 18.1 Å². The number of hydrogen-bond donors (Lipinski definition) is 4. The topological polar surface area (TPSA) is 436 Å². The van der Waals surface area contributed by atoms with Gasteiger partial charge in [0, 0.05) is 18.6 Å². The van der Waals surface area contributed by atoms with Gasteiger partial charge in [0.1, 0.15) is 45.9 Å². The number of carbonyl (C=O) groups is 2. The molecule has 0 aliphatic heterocycles. The molecule has 35 heteroatoms. The number of aromatic nitrogens is 4. The Hall–Kier alpha value is -4.04. The van der Waals surface area contributed by atoms with Crippen molar-refractivity contribution in [2.24, 2.45) is 20.1 Å². The first kappa shape index (κ1) is 64.1. The number of carboxylic acid groups (broad SMARTS) is 1. The maximum atomic E-state index is 12.3. The Kier molecular flexibility index (Phi) is 23.1. The Labute approximate surface area is 495 Å². The number of hydrogen-bond acceptors (Lipinski definition) is 21. The van der Waals surface area contributed by atoms with Gasteiger partial charge in [0.15, 0.2) is 0 Å². The van der Waals surface area contributed by atoms with E-state index in [1.165, 1.54) is 42.6 Å². The Morgan fingerprint density at radius 2 is 1.47 bits per heavy atom. The second-order valence-electron chi connectivity index (χ2n) is 13.4. The number of nitro groups is 1. The third kappa shape index (κ3) is 17.0. The van der Waals surface area contributed by atoms with Crippen LogP contribution in [0.15, 0.2) is 143 Å². The summed E-state index contributed by atoms with van der Waals surface area (Å²) in [6.45, 7) is 1.09. The van der Waals surface area contributed by atoms with Gasteiger partial charge in [-0.25, -0.2) is 39.8 Å². The number of H-pyrrole nitrogens is 2. The molecule has 0 saturated heterocycles. The molecule has 0 spiro atoms. The number of carbonyl (C=O) groups excluding carboxylic acids is 2. The van der Waals surface area contributed by atoms with Crippen molar-refractivity contribution in [3.63, 3.8) is 0 Å². The van der Waals surface area contributed by atoms with Gasteiger partial charge >= 0.3 is 130 Å². The number of hydrazone groups is 1. The molecule has 0 fully saturated rings. The molecule has 1 aliphatic carbocycles. The molecule has 0 radical (unpaired) electrons. The molecule has 72 heavy (non-hydrogen) atoms. The Morgan fingerprint density at radius 1 is 0.792 bits per heavy atom. The third-order valence-corrected chi connectivity index (χ3v) is 12.1. The van der Waals surface area contributed by atoms with E-state index in [1.807, 2.05) is 0 Å². The van der Waals surface area contributed by atoms with Crippen molar-refractivity contribution in [3.05, 3.63) is 141 Å². The smallest absolute Gasteiger partial charge is 0.744 e. The Balaban J connectivity index is 0.00000444. The van der Waals surface area contributed by atoms with Crippen molar-refractivity contribution < 1.29 is 194 Å². The SMILES string of the molecule is CC(=O)N=C1C=C(N=c2nc(-[n+]3cccc(C(=O)[O-])c3)[nH]c(=Nc3cc(S(=O)(=O)[O-])ccc3S(=O)(=O)O)[nH]2)C=CC1=NNc1ccc(/C=C/c2ccc([N+](=O)[O-])c(S(=O)(=O)[O-])c2)c(S(=O)(=O)[O-])c1.[Na+].[Na+].[Na+].[Na+]. The normalized spacial score (nSPS) is 14.4. The van der Waals surface area contributed by atoms with Crippen molar-refractivity contribution in [3.8, 4) is 5.95 Å². The minimum atomic E-state index is -5.30. The van der Waals surface area contributed by atoms with Crippen molar-refractivity contribution in [2.45, 2.75) is 26.5 Å². The fourth-order valence-corrected chi connectivity index (χ4v) is 8.22. The summed E-state index contributed by atoms with van der Waals surface area (Å²) < 4.78 is 142. The molecular weight excluding hydrogens is 1080 g/mol. The monoisotopic (exact) mass is 1100 g/mol. The summed E-state index contributed by atoms with van der Waals surface area (Å²) in [4.78, 5) is 51.9. The van der Waals surface area contributed by atoms with Crippen LogP contribution in [0.3, 0.4) is 0 Å². The summed E-state index contributed by atoms with van der Waals surface area (Å²) >= 11 is 0. The number of aliphatic imine (C=N–C) groups is 1. The van der Waals surface area contributed by atoms with E-state index < -0.39 is 99.5 Å². The number of amides is 1. The second-order valence-corrected chi connectivity index (χ2v) is 18.9. The summed E-state index contributed by atoms with van der Waals surface area (Å²) in [7, 11) is -20.8. The second kappa shape index (κ2) is 25.9. The van der Waals surface area contributed by atoms with E-state index in [4.69, 9.17) is 0 Å². The largest absolute Gasteiger partial charge is 1.00 e. The van der Waals surface area contributed by atoms with E-state index in [0.717, 1.165) is 54.1 Å². The summed E-state index contributed by atoms with van der Waals surface area (Å²) in [6, 6.07) is 10.1. The van der Waals surface area contributed by atoms with Crippen LogP contribution >= 0.6 is 0 Å². The molecular formula is C37H25N10Na4O17S4+. The average Bonchev–Trinajstić information content (AvgIpc) is 3.23. The van der Waals surface area contributed by atoms with Crippen molar-refractivity contribution in [1.29, 1.82) is 0 Å². The van der Waals surface area contributed by atoms with Crippen LogP contribution in [0.1, 0.15) is 28.4 Å². The molecule has 1 amide bonds. The van der Waals surface area contributed by atoms with Gasteiger partial charge < -0.3 is 23.6 Å². The number of aromatic carboxylic acids is 1. The number of nitro benzene ring substituents is 1. The molecule has 27 nitrogen and oxygen atoms in total. The van der Waals surface area contributed by atoms with E-state index >= 15 is 0 Å². The summed E-state index contributed by atoms with van der Waals surface area (Å²) in [5.74, 6) is -2.61. The van der Waals surface area contributed by atoms with Gasteiger partial charge in [0.05, 0.1) is 55.9 Å². The van der Waals surface area contributed by atoms with E-state index in [9.17, 15) is 76.7 Å². The first-order valence-electron chi connectivity index (χ1n) is 18.1. The van der Waals surface area contributed by atoms with Gasteiger partial charge in [-0.2, -0.15) is 23.5 Å². The number of nitrogens with one attached hydrogen (secondary N) is 3. The van der Waals surface area contributed by atoms with Crippen LogP contribution in [-0.4, -0.2) is 95.1 Å². The fraction of sp³-hybridized carbons (Fsp3) is 0.0270. The Bertz CT molecular complexity index is 3790. The van der Waals surface area contributed by atoms with Crippen molar-refractivity contribution in [1.82, 2.24) is 15.0 Å². The van der Waals surface area contributed by atoms with Crippen LogP contribution in [0.2, 0.25) is 0 Å². The van der Waals surface area contributed by atoms with Gasteiger partial charge in [0.2, 0.25) is 5.91 Å². The average molecular weight is 1100 g/mol. The van der Waals surface area contributed by atoms with Crippen LogP contribution in [0.5, 0.6) is 0 Å². The zero-order valence-electron chi connectivity index (χ0n) is 37.6. The van der Waals surface area contributed by atoms with Crippen LogP contribution in [-0.2, 0) is 45.3 Å². The molecule has 2 heterocycles. The molecule has 2 aromatic heterocycles. The summed E-state index contributed by atoms with van der Waals surface area (Å²) in [5, 5.41) is 27.0. The van der Waals surface area contributed by atoms with Gasteiger partial charge in [-0.15, -0.1) is 0 Å². The van der Waals surface area contributed by atoms with E-state index in [0.29, 0.717) is 24.3 Å². The molecule has 6 rings (SSSR count). The minimum absolute atomic E-state index is 0. The number of benzene rings is 3. The summed E-state index contributed by atoms with van der Waals surface area (Å²) in [6.07, 6.45) is 8.29. The quantitative estimate of drug-likeness (QED) is 0.0162. The van der Waals surface area contributed by atoms with Crippen molar-refractivity contribution >= 4 is 93.0 Å². The molecule has 0 atom stereocenters. The molecule has 0 bridgehead atoms. The van der Waals surface area contributed by atoms with Gasteiger partial charge in [-0.1, -0.05) is 18.2 Å². The molecule has 4 N–H and O–H groups in total. The number of anilines is 1. The standard InChI is InChI=1S/C37H28N10O17S4.4Na/c1-20(48)38-28-16-24(9-11-27(28)45-44-25-8-7-22(32(17-25)67(59,60)61)6-4-21-5-12-30(47(51)52)33(15-21)68(62,63)64)39-35-41-36(43-37(42-35)46-14-2-3-23(19-46)34(49)50)40-29-18-26(65(53,54)55)10-13-31(29)66(56,57)58;;;;/h2-19H,1H3,(H7-,38,39,40,41,42,43,44,48,49,50,53,54,55,56,57,58,59,60,61,62,63,64);;;;/q;4*+1/p-3/b6-4+;;;;. The zero-order valence-corrected chi connectivity index (χ0v) is 48.9. The molecule has 0 saturated carbocycles. The number of nitrogens with zero attached hydrogens (tertiary/aromatic N) is 7. The molecule has 352 valence electrons. The molecule has 1 aliphatic rings. The number of allylic oxidation sites excluding steroid dienone is 3. The predicted molar refractivity (Wildman–Crippen MR) is 225 cm³/mol. The van der Waals surface area contributed by atoms with Gasteiger partial charge in [-0.05, 0) is 88.9 Å². The summed E-state index contributed by atoms with van der Waals surface area (Å²) in [5.41, 5.74) is -1.15. The Morgan fingerprint density at radius 3 is 2.07 bits per heavy atom. The maximum absolute atomic E-state index is 12.3. The van der Waals surface area contributed by atoms with E-state index in [2.05, 4.69) is 40.5 Å². The van der Waals surface area contributed by atoms with E-state index in [1.54, 1.807) is 0 Å². The van der Waals surface area contributed by atoms with Crippen LogP contribution in [0, 0.1) is 10.1 Å². The first-order valence-corrected chi connectivity index (χ1v) is 23.8. The fourth-order valence-electron chi connectivity index (χ4n) is 5.75. The number of carboxylic acids is 1. The van der Waals surface area contributed by atoms with E-state index in [-0.39, 0.29) is 164 Å². The van der Waals surface area contributed by atoms with Crippen molar-refractivity contribution in [2.75, 3.05) is 5.43 Å². The third-order valence-electron chi connectivity index (χ3n) is 8.65. The number of aromatic amines is 2. The molecule has 0 unspecified atom stereocenters. The van der Waals surface area contributed by atoms with Gasteiger partial charge in [-0.3, -0.25) is 29.9 Å². The van der Waals surface area contributed by atoms with Gasteiger partial charge in [0.25, 0.3) is 21.4 Å². The van der Waals surface area contributed by atoms with Crippen LogP contribution < -0.4 is 145 Å². The number of pyridine rings is 1. The zero-order chi connectivity index (χ0) is 49.9.